The van der Waals surface area contributed by atoms with Crippen LogP contribution in [0.5, 0.6) is 0 Å². The molecule has 0 radical (unpaired) electrons. The summed E-state index contributed by atoms with van der Waals surface area (Å²) in [6, 6.07) is 4.69. The lowest BCUT2D eigenvalue weighted by molar-refractivity contribution is 0.244. The van der Waals surface area contributed by atoms with Crippen molar-refractivity contribution in [3.63, 3.8) is 0 Å². The van der Waals surface area contributed by atoms with Crippen LogP contribution < -0.4 is 4.72 Å². The molecule has 0 saturated carbocycles. The summed E-state index contributed by atoms with van der Waals surface area (Å²) >= 11 is 4.74. The Morgan fingerprint density at radius 2 is 1.92 bits per heavy atom. The maximum absolute atomic E-state index is 14.3. The van der Waals surface area contributed by atoms with Crippen LogP contribution in [0.3, 0.4) is 0 Å². The summed E-state index contributed by atoms with van der Waals surface area (Å²) in [5.74, 6) is -0.409. The zero-order valence-electron chi connectivity index (χ0n) is 15.2. The number of benzene rings is 1. The molecular formula is C18H23ClFN3O2S. The molecule has 26 heavy (non-hydrogen) atoms. The summed E-state index contributed by atoms with van der Waals surface area (Å²) in [6.07, 6.45) is 2.99. The van der Waals surface area contributed by atoms with E-state index in [0.29, 0.717) is 11.1 Å². The van der Waals surface area contributed by atoms with Crippen LogP contribution in [0.2, 0.25) is 5.15 Å². The number of aromatic nitrogens is 2. The van der Waals surface area contributed by atoms with E-state index in [9.17, 15) is 14.0 Å². The van der Waals surface area contributed by atoms with Gasteiger partial charge in [0.2, 0.25) is 0 Å². The second-order valence-electron chi connectivity index (χ2n) is 7.02. The lowest BCUT2D eigenvalue weighted by Crippen LogP contribution is -2.53. The lowest BCUT2D eigenvalue weighted by atomic mass is 9.84. The van der Waals surface area contributed by atoms with Gasteiger partial charge in [-0.05, 0) is 44.9 Å². The molecule has 0 aliphatic carbocycles. The zero-order valence-corrected chi connectivity index (χ0v) is 16.8. The van der Waals surface area contributed by atoms with Crippen molar-refractivity contribution in [2.75, 3.05) is 6.61 Å². The third-order valence-corrected chi connectivity index (χ3v) is 5.96. The molecule has 0 aliphatic heterocycles. The first-order valence-corrected chi connectivity index (χ1v) is 9.69. The molecule has 142 valence electrons. The van der Waals surface area contributed by atoms with Crippen molar-refractivity contribution in [3.8, 4) is 0 Å². The van der Waals surface area contributed by atoms with Gasteiger partial charge in [-0.1, -0.05) is 23.7 Å². The van der Waals surface area contributed by atoms with Crippen LogP contribution in [-0.2, 0) is 16.9 Å². The average molecular weight is 400 g/mol. The molecule has 1 aromatic carbocycles. The second kappa shape index (κ2) is 8.19. The molecule has 0 aliphatic rings. The monoisotopic (exact) mass is 399 g/mol. The van der Waals surface area contributed by atoms with E-state index in [1.54, 1.807) is 19.1 Å². The molecule has 8 heteroatoms. The Hall–Kier alpha value is -1.25. The van der Waals surface area contributed by atoms with Crippen molar-refractivity contribution in [3.05, 3.63) is 58.4 Å². The SMILES string of the molecule is Cc1ccc([C@](CCO)(N[S@+]([O-])C(C)(C)C)c2nccnc2Cl)cc1F. The number of halogens is 2. The average Bonchev–Trinajstić information content (AvgIpc) is 2.56. The van der Waals surface area contributed by atoms with Gasteiger partial charge in [-0.25, -0.2) is 9.37 Å². The standard InChI is InChI=1S/C18H23ClFN3O2S/c1-12-5-6-13(11-14(12)20)18(7-10-24,23-26(25)17(2,3)4)15-16(19)22-9-8-21-15/h5-6,8-9,11,23-24H,7,10H2,1-4H3/t18-,26+/m0/s1. The lowest BCUT2D eigenvalue weighted by Gasteiger charge is -2.37. The van der Waals surface area contributed by atoms with E-state index in [2.05, 4.69) is 14.7 Å². The summed E-state index contributed by atoms with van der Waals surface area (Å²) in [5.41, 5.74) is -0.0210. The number of nitrogens with zero attached hydrogens (tertiary/aromatic N) is 2. The van der Waals surface area contributed by atoms with E-state index >= 15 is 0 Å². The van der Waals surface area contributed by atoms with Gasteiger partial charge >= 0.3 is 0 Å². The summed E-state index contributed by atoms with van der Waals surface area (Å²) in [6.45, 7) is 6.84. The Kier molecular flexibility index (Phi) is 6.63. The summed E-state index contributed by atoms with van der Waals surface area (Å²) in [7, 11) is 0. The first-order chi connectivity index (χ1) is 12.1. The summed E-state index contributed by atoms with van der Waals surface area (Å²) in [4.78, 5) is 8.36. The Balaban J connectivity index is 2.72. The summed E-state index contributed by atoms with van der Waals surface area (Å²) in [5, 5.41) is 9.83. The van der Waals surface area contributed by atoms with E-state index < -0.39 is 27.5 Å². The molecule has 0 amide bonds. The van der Waals surface area contributed by atoms with E-state index in [4.69, 9.17) is 11.6 Å². The Morgan fingerprint density at radius 1 is 1.27 bits per heavy atom. The minimum atomic E-state index is -1.54. The van der Waals surface area contributed by atoms with E-state index in [-0.39, 0.29) is 23.9 Å². The molecule has 0 saturated heterocycles. The normalized spacial score (nSPS) is 15.5. The van der Waals surface area contributed by atoms with Crippen LogP contribution >= 0.6 is 11.6 Å². The zero-order chi connectivity index (χ0) is 19.5. The fraction of sp³-hybridized carbons (Fsp3) is 0.444. The fourth-order valence-corrected chi connectivity index (χ4v) is 3.71. The van der Waals surface area contributed by atoms with Gasteiger partial charge in [0.25, 0.3) is 0 Å². The highest BCUT2D eigenvalue weighted by atomic mass is 35.5. The number of aliphatic hydroxyl groups is 1. The Labute approximate surface area is 161 Å². The number of aliphatic hydroxyl groups excluding tert-OH is 1. The minimum Gasteiger partial charge on any atom is -0.598 e. The van der Waals surface area contributed by atoms with Crippen molar-refractivity contribution >= 4 is 23.0 Å². The maximum atomic E-state index is 14.3. The molecule has 2 N–H and O–H groups in total. The highest BCUT2D eigenvalue weighted by Gasteiger charge is 2.44. The van der Waals surface area contributed by atoms with Crippen molar-refractivity contribution in [1.29, 1.82) is 0 Å². The highest BCUT2D eigenvalue weighted by molar-refractivity contribution is 7.90. The highest BCUT2D eigenvalue weighted by Crippen LogP contribution is 2.37. The van der Waals surface area contributed by atoms with Crippen LogP contribution in [0.4, 0.5) is 4.39 Å². The van der Waals surface area contributed by atoms with E-state index in [1.165, 1.54) is 18.5 Å². The van der Waals surface area contributed by atoms with Crippen LogP contribution in [0.1, 0.15) is 44.0 Å². The van der Waals surface area contributed by atoms with Crippen LogP contribution in [0.15, 0.2) is 30.6 Å². The van der Waals surface area contributed by atoms with Gasteiger partial charge in [-0.2, -0.15) is 0 Å². The largest absolute Gasteiger partial charge is 0.598 e. The molecule has 5 nitrogen and oxygen atoms in total. The maximum Gasteiger partial charge on any atom is 0.152 e. The third-order valence-electron chi connectivity index (χ3n) is 4.03. The van der Waals surface area contributed by atoms with Crippen molar-refractivity contribution in [1.82, 2.24) is 14.7 Å². The molecule has 1 aromatic heterocycles. The number of nitrogens with one attached hydrogen (secondary N) is 1. The fourth-order valence-electron chi connectivity index (χ4n) is 2.50. The second-order valence-corrected chi connectivity index (χ2v) is 9.35. The molecule has 2 rings (SSSR count). The quantitative estimate of drug-likeness (QED) is 0.728. The molecule has 0 unspecified atom stereocenters. The molecule has 0 spiro atoms. The number of hydrogen-bond donors (Lipinski definition) is 2. The Bertz CT molecular complexity index is 772. The van der Waals surface area contributed by atoms with Gasteiger partial charge in [-0.3, -0.25) is 4.98 Å². The molecule has 0 bridgehead atoms. The van der Waals surface area contributed by atoms with Crippen molar-refractivity contribution in [2.45, 2.75) is 44.4 Å². The van der Waals surface area contributed by atoms with Gasteiger partial charge in [-0.15, -0.1) is 4.72 Å². The smallest absolute Gasteiger partial charge is 0.152 e. The summed E-state index contributed by atoms with van der Waals surface area (Å²) < 4.78 is 29.7. The molecule has 0 fully saturated rings. The van der Waals surface area contributed by atoms with Crippen LogP contribution in [0.25, 0.3) is 0 Å². The predicted octanol–water partition coefficient (Wildman–Crippen LogP) is 3.26. The first kappa shape index (κ1) is 21.1. The van der Waals surface area contributed by atoms with Gasteiger partial charge in [0.05, 0.1) is 0 Å². The van der Waals surface area contributed by atoms with Gasteiger partial charge in [0.1, 0.15) is 21.8 Å². The molecule has 2 atom stereocenters. The number of hydrogen-bond acceptors (Lipinski definition) is 5. The third kappa shape index (κ3) is 4.35. The van der Waals surface area contributed by atoms with Crippen molar-refractivity contribution in [2.24, 2.45) is 0 Å². The van der Waals surface area contributed by atoms with E-state index in [0.717, 1.165) is 0 Å². The van der Waals surface area contributed by atoms with Crippen molar-refractivity contribution < 1.29 is 14.0 Å². The molecular weight excluding hydrogens is 377 g/mol. The Morgan fingerprint density at radius 3 is 2.46 bits per heavy atom. The topological polar surface area (TPSA) is 81.1 Å². The predicted molar refractivity (Wildman–Crippen MR) is 102 cm³/mol. The molecule has 2 aromatic rings. The van der Waals surface area contributed by atoms with Crippen LogP contribution in [0, 0.1) is 12.7 Å². The number of rotatable bonds is 6. The van der Waals surface area contributed by atoms with Crippen LogP contribution in [-0.4, -0.2) is 31.0 Å². The van der Waals surface area contributed by atoms with E-state index in [1.807, 2.05) is 20.8 Å². The first-order valence-electron chi connectivity index (χ1n) is 8.16. The minimum absolute atomic E-state index is 0.0930. The van der Waals surface area contributed by atoms with Gasteiger partial charge < -0.3 is 9.66 Å². The molecule has 1 heterocycles. The number of aryl methyl sites for hydroxylation is 1. The van der Waals surface area contributed by atoms with Gasteiger partial charge in [0.15, 0.2) is 5.15 Å². The van der Waals surface area contributed by atoms with Gasteiger partial charge in [0, 0.05) is 36.8 Å².